The van der Waals surface area contributed by atoms with Gasteiger partial charge in [-0.15, -0.1) is 0 Å². The molecule has 5 atom stereocenters. The van der Waals surface area contributed by atoms with E-state index in [9.17, 15) is 43.2 Å². The molecular formula is C70H136O17P2. The zero-order chi connectivity index (χ0) is 65.7. The van der Waals surface area contributed by atoms with E-state index in [0.717, 1.165) is 102 Å². The Hall–Kier alpha value is -1.94. The lowest BCUT2D eigenvalue weighted by Gasteiger charge is -2.21. The lowest BCUT2D eigenvalue weighted by atomic mass is 10.0. The summed E-state index contributed by atoms with van der Waals surface area (Å²) >= 11 is 0. The van der Waals surface area contributed by atoms with Crippen molar-refractivity contribution in [1.82, 2.24) is 0 Å². The molecule has 0 spiro atoms. The third-order valence-electron chi connectivity index (χ3n) is 16.2. The molecule has 0 aliphatic carbocycles. The molecule has 0 bridgehead atoms. The van der Waals surface area contributed by atoms with E-state index >= 15 is 0 Å². The van der Waals surface area contributed by atoms with Gasteiger partial charge in [0.1, 0.15) is 19.3 Å². The topological polar surface area (TPSA) is 237 Å². The summed E-state index contributed by atoms with van der Waals surface area (Å²) in [7, 11) is -9.90. The van der Waals surface area contributed by atoms with Crippen LogP contribution in [0.2, 0.25) is 0 Å². The minimum Gasteiger partial charge on any atom is -0.462 e. The minimum absolute atomic E-state index is 0.106. The zero-order valence-electron chi connectivity index (χ0n) is 57.7. The van der Waals surface area contributed by atoms with Gasteiger partial charge in [-0.25, -0.2) is 9.13 Å². The maximum absolute atomic E-state index is 13.0. The molecule has 0 aromatic rings. The Balaban J connectivity index is 5.25. The van der Waals surface area contributed by atoms with Gasteiger partial charge in [0, 0.05) is 25.7 Å². The number of hydrogen-bond acceptors (Lipinski definition) is 15. The standard InChI is InChI=1S/C70H136O17P2/c1-7-9-11-13-15-17-19-21-22-23-25-29-36-43-49-55-70(75)86-65(58-80-67(72)52-46-40-34-30-26-27-32-38-44-50-62(3)4)60-84-88(76,77)82-56-64(71)57-83-89(78,79)85-61-66(59-81-68(73)53-47-41-37-31-33-39-45-51-63(5)6)87-69(74)54-48-42-35-28-24-20-18-16-14-12-10-8-2/h62-66,71H,7-61H2,1-6H3,(H,76,77)(H,78,79)/t64-,65-,66-/m1/s1. The Morgan fingerprint density at radius 3 is 0.764 bits per heavy atom. The predicted octanol–water partition coefficient (Wildman–Crippen LogP) is 20.0. The van der Waals surface area contributed by atoms with Crippen LogP contribution in [-0.4, -0.2) is 96.7 Å². The predicted molar refractivity (Wildman–Crippen MR) is 358 cm³/mol. The Morgan fingerprint density at radius 1 is 0.303 bits per heavy atom. The fourth-order valence-corrected chi connectivity index (χ4v) is 12.2. The molecule has 19 heteroatoms. The summed E-state index contributed by atoms with van der Waals surface area (Å²) in [6, 6.07) is 0. The SMILES string of the molecule is CCCCCCCCCCCCCCCCCC(=O)O[C@H](COC(=O)CCCCCCCCCCCC(C)C)COP(=O)(O)OC[C@@H](O)COP(=O)(O)OC[C@@H](COC(=O)CCCCCCCCCC(C)C)OC(=O)CCCCCCCCCCCCCC. The highest BCUT2D eigenvalue weighted by Crippen LogP contribution is 2.45. The molecule has 0 aliphatic rings. The third-order valence-corrected chi connectivity index (χ3v) is 18.1. The number of phosphoric acid groups is 2. The number of unbranched alkanes of at least 4 members (excludes halogenated alkanes) is 39. The second-order valence-electron chi connectivity index (χ2n) is 26.2. The molecule has 0 heterocycles. The average molecular weight is 1310 g/mol. The van der Waals surface area contributed by atoms with Gasteiger partial charge in [-0.05, 0) is 37.5 Å². The van der Waals surface area contributed by atoms with Gasteiger partial charge < -0.3 is 33.8 Å². The second kappa shape index (κ2) is 62.2. The monoisotopic (exact) mass is 1310 g/mol. The van der Waals surface area contributed by atoms with Gasteiger partial charge in [0.2, 0.25) is 0 Å². The van der Waals surface area contributed by atoms with Crippen molar-refractivity contribution in [3.05, 3.63) is 0 Å². The van der Waals surface area contributed by atoms with Gasteiger partial charge in [0.05, 0.1) is 26.4 Å². The van der Waals surface area contributed by atoms with Crippen molar-refractivity contribution in [2.24, 2.45) is 11.8 Å². The van der Waals surface area contributed by atoms with Crippen molar-refractivity contribution < 1.29 is 80.2 Å². The first-order chi connectivity index (χ1) is 42.9. The van der Waals surface area contributed by atoms with Gasteiger partial charge in [-0.3, -0.25) is 37.3 Å². The van der Waals surface area contributed by atoms with E-state index in [-0.39, 0.29) is 25.7 Å². The molecular weight excluding hydrogens is 1170 g/mol. The number of ether oxygens (including phenoxy) is 4. The molecule has 0 rings (SSSR count). The van der Waals surface area contributed by atoms with Crippen molar-refractivity contribution in [3.63, 3.8) is 0 Å². The molecule has 0 radical (unpaired) electrons. The van der Waals surface area contributed by atoms with Crippen molar-refractivity contribution >= 4 is 39.5 Å². The highest BCUT2D eigenvalue weighted by Gasteiger charge is 2.30. The maximum Gasteiger partial charge on any atom is 0.472 e. The number of carbonyl (C=O) groups is 4. The summed E-state index contributed by atoms with van der Waals surface area (Å²) in [4.78, 5) is 72.5. The van der Waals surface area contributed by atoms with Crippen LogP contribution in [0, 0.1) is 11.8 Å². The minimum atomic E-state index is -4.95. The summed E-state index contributed by atoms with van der Waals surface area (Å²) < 4.78 is 68.3. The molecule has 0 aromatic heterocycles. The highest BCUT2D eigenvalue weighted by atomic mass is 31.2. The van der Waals surface area contributed by atoms with Crippen molar-refractivity contribution in [2.75, 3.05) is 39.6 Å². The first kappa shape index (κ1) is 87.1. The number of phosphoric ester groups is 2. The summed E-state index contributed by atoms with van der Waals surface area (Å²) in [5, 5.41) is 10.6. The van der Waals surface area contributed by atoms with Crippen molar-refractivity contribution in [3.8, 4) is 0 Å². The summed E-state index contributed by atoms with van der Waals surface area (Å²) in [5.74, 6) is -0.674. The van der Waals surface area contributed by atoms with Crippen LogP contribution >= 0.6 is 15.6 Å². The summed E-state index contributed by atoms with van der Waals surface area (Å²) in [6.45, 7) is 9.48. The van der Waals surface area contributed by atoms with E-state index in [2.05, 4.69) is 41.5 Å². The van der Waals surface area contributed by atoms with E-state index < -0.39 is 97.5 Å². The number of esters is 4. The van der Waals surface area contributed by atoms with Crippen LogP contribution in [0.1, 0.15) is 356 Å². The molecule has 0 amide bonds. The number of hydrogen-bond donors (Lipinski definition) is 3. The van der Waals surface area contributed by atoms with Crippen LogP contribution < -0.4 is 0 Å². The molecule has 0 fully saturated rings. The van der Waals surface area contributed by atoms with Gasteiger partial charge in [-0.1, -0.05) is 305 Å². The Labute approximate surface area is 543 Å². The summed E-state index contributed by atoms with van der Waals surface area (Å²) in [5.41, 5.74) is 0. The fourth-order valence-electron chi connectivity index (χ4n) is 10.6. The number of rotatable bonds is 69. The van der Waals surface area contributed by atoms with Gasteiger partial charge in [0.25, 0.3) is 0 Å². The molecule has 17 nitrogen and oxygen atoms in total. The van der Waals surface area contributed by atoms with Crippen LogP contribution in [0.25, 0.3) is 0 Å². The van der Waals surface area contributed by atoms with Crippen molar-refractivity contribution in [2.45, 2.75) is 374 Å². The quantitative estimate of drug-likeness (QED) is 0.0222. The van der Waals surface area contributed by atoms with Gasteiger partial charge >= 0.3 is 39.5 Å². The largest absolute Gasteiger partial charge is 0.472 e. The maximum atomic E-state index is 13.0. The molecule has 0 saturated carbocycles. The number of aliphatic hydroxyl groups excluding tert-OH is 1. The molecule has 89 heavy (non-hydrogen) atoms. The Morgan fingerprint density at radius 2 is 0.517 bits per heavy atom. The van der Waals surface area contributed by atoms with Crippen LogP contribution in [-0.2, 0) is 65.4 Å². The molecule has 0 aliphatic heterocycles. The number of carbonyl (C=O) groups excluding carboxylic acids is 4. The highest BCUT2D eigenvalue weighted by molar-refractivity contribution is 7.47. The van der Waals surface area contributed by atoms with E-state index in [1.54, 1.807) is 0 Å². The third kappa shape index (κ3) is 64.6. The smallest absolute Gasteiger partial charge is 0.462 e. The van der Waals surface area contributed by atoms with Crippen LogP contribution in [0.5, 0.6) is 0 Å². The fraction of sp³-hybridized carbons (Fsp3) is 0.943. The van der Waals surface area contributed by atoms with Gasteiger partial charge in [-0.2, -0.15) is 0 Å². The lowest BCUT2D eigenvalue weighted by Crippen LogP contribution is -2.30. The van der Waals surface area contributed by atoms with E-state index in [1.807, 2.05) is 0 Å². The zero-order valence-corrected chi connectivity index (χ0v) is 59.5. The Bertz CT molecular complexity index is 1730. The summed E-state index contributed by atoms with van der Waals surface area (Å²) in [6.07, 6.45) is 47.2. The van der Waals surface area contributed by atoms with Crippen LogP contribution in [0.3, 0.4) is 0 Å². The first-order valence-corrected chi connectivity index (χ1v) is 39.5. The van der Waals surface area contributed by atoms with Crippen LogP contribution in [0.4, 0.5) is 0 Å². The van der Waals surface area contributed by atoms with Gasteiger partial charge in [0.15, 0.2) is 12.2 Å². The molecule has 2 unspecified atom stereocenters. The lowest BCUT2D eigenvalue weighted by molar-refractivity contribution is -0.161. The Kier molecular flexibility index (Phi) is 60.8. The molecule has 528 valence electrons. The van der Waals surface area contributed by atoms with Crippen LogP contribution in [0.15, 0.2) is 0 Å². The van der Waals surface area contributed by atoms with E-state index in [1.165, 1.54) is 167 Å². The average Bonchev–Trinajstić information content (AvgIpc) is 3.68. The molecule has 0 aromatic carbocycles. The second-order valence-corrected chi connectivity index (χ2v) is 29.1. The first-order valence-electron chi connectivity index (χ1n) is 36.5. The molecule has 3 N–H and O–H groups in total. The normalized spacial score (nSPS) is 14.1. The number of aliphatic hydroxyl groups is 1. The van der Waals surface area contributed by atoms with E-state index in [0.29, 0.717) is 31.6 Å². The van der Waals surface area contributed by atoms with Crippen molar-refractivity contribution in [1.29, 1.82) is 0 Å². The van der Waals surface area contributed by atoms with E-state index in [4.69, 9.17) is 37.0 Å². The molecule has 0 saturated heterocycles.